The summed E-state index contributed by atoms with van der Waals surface area (Å²) in [6, 6.07) is 11.9. The minimum absolute atomic E-state index is 0.327. The van der Waals surface area contributed by atoms with Gasteiger partial charge in [-0.3, -0.25) is 0 Å². The molecule has 0 heterocycles. The van der Waals surface area contributed by atoms with E-state index in [4.69, 9.17) is 27.9 Å². The number of hydrogen-bond donors (Lipinski definition) is 0. The topological polar surface area (TPSA) is 35.5 Å². The van der Waals surface area contributed by atoms with Crippen LogP contribution < -0.4 is 4.74 Å². The lowest BCUT2D eigenvalue weighted by atomic mass is 10.2. The van der Waals surface area contributed by atoms with E-state index in [9.17, 15) is 4.79 Å². The standard InChI is InChI=1S/C15H12Cl2O3/c1-19-15(18)10-3-6-13(7-4-10)20-9-11-2-5-12(16)8-14(11)17/h2-8H,9H2,1H3. The van der Waals surface area contributed by atoms with Crippen LogP contribution in [0.3, 0.4) is 0 Å². The first kappa shape index (κ1) is 14.7. The van der Waals surface area contributed by atoms with Gasteiger partial charge in [-0.15, -0.1) is 0 Å². The van der Waals surface area contributed by atoms with Gasteiger partial charge >= 0.3 is 5.97 Å². The molecule has 0 atom stereocenters. The van der Waals surface area contributed by atoms with Crippen LogP contribution in [0.5, 0.6) is 5.75 Å². The summed E-state index contributed by atoms with van der Waals surface area (Å²) >= 11 is 11.9. The molecule has 2 aromatic rings. The molecule has 20 heavy (non-hydrogen) atoms. The summed E-state index contributed by atoms with van der Waals surface area (Å²) in [7, 11) is 1.34. The largest absolute Gasteiger partial charge is 0.489 e. The van der Waals surface area contributed by atoms with E-state index < -0.39 is 0 Å². The van der Waals surface area contributed by atoms with Gasteiger partial charge in [0, 0.05) is 15.6 Å². The van der Waals surface area contributed by atoms with E-state index in [1.807, 2.05) is 6.07 Å². The maximum absolute atomic E-state index is 11.3. The van der Waals surface area contributed by atoms with E-state index in [1.165, 1.54) is 7.11 Å². The zero-order chi connectivity index (χ0) is 14.5. The fourth-order valence-electron chi connectivity index (χ4n) is 1.60. The summed E-state index contributed by atoms with van der Waals surface area (Å²) in [5.41, 5.74) is 1.32. The average molecular weight is 311 g/mol. The minimum atomic E-state index is -0.378. The van der Waals surface area contributed by atoms with Gasteiger partial charge in [-0.2, -0.15) is 0 Å². The number of halogens is 2. The second kappa shape index (κ2) is 6.64. The van der Waals surface area contributed by atoms with Crippen molar-refractivity contribution in [3.63, 3.8) is 0 Å². The fraction of sp³-hybridized carbons (Fsp3) is 0.133. The molecular weight excluding hydrogens is 299 g/mol. The molecule has 0 saturated heterocycles. The van der Waals surface area contributed by atoms with Crippen molar-refractivity contribution >= 4 is 29.2 Å². The van der Waals surface area contributed by atoms with Crippen LogP contribution in [0.2, 0.25) is 10.0 Å². The highest BCUT2D eigenvalue weighted by Gasteiger charge is 2.06. The van der Waals surface area contributed by atoms with Gasteiger partial charge in [-0.25, -0.2) is 4.79 Å². The molecule has 0 bridgehead atoms. The molecule has 0 saturated carbocycles. The Morgan fingerprint density at radius 1 is 1.10 bits per heavy atom. The van der Waals surface area contributed by atoms with Crippen molar-refractivity contribution in [2.75, 3.05) is 7.11 Å². The van der Waals surface area contributed by atoms with Crippen molar-refractivity contribution in [2.45, 2.75) is 6.61 Å². The highest BCUT2D eigenvalue weighted by atomic mass is 35.5. The van der Waals surface area contributed by atoms with Gasteiger partial charge < -0.3 is 9.47 Å². The number of hydrogen-bond acceptors (Lipinski definition) is 3. The Kier molecular flexibility index (Phi) is 4.88. The van der Waals surface area contributed by atoms with Crippen LogP contribution in [0.1, 0.15) is 15.9 Å². The van der Waals surface area contributed by atoms with Crippen molar-refractivity contribution in [3.8, 4) is 5.75 Å². The van der Waals surface area contributed by atoms with E-state index in [0.717, 1.165) is 5.56 Å². The molecule has 0 aliphatic carbocycles. The minimum Gasteiger partial charge on any atom is -0.489 e. The number of methoxy groups -OCH3 is 1. The Morgan fingerprint density at radius 3 is 2.40 bits per heavy atom. The van der Waals surface area contributed by atoms with Gasteiger partial charge in [0.2, 0.25) is 0 Å². The second-order valence-corrected chi connectivity index (χ2v) is 4.88. The van der Waals surface area contributed by atoms with Crippen LogP contribution in [0.4, 0.5) is 0 Å². The van der Waals surface area contributed by atoms with E-state index in [0.29, 0.717) is 28.0 Å². The van der Waals surface area contributed by atoms with Gasteiger partial charge in [-0.1, -0.05) is 29.3 Å². The molecule has 0 fully saturated rings. The number of benzene rings is 2. The van der Waals surface area contributed by atoms with Crippen LogP contribution in [0, 0.1) is 0 Å². The smallest absolute Gasteiger partial charge is 0.337 e. The Balaban J connectivity index is 2.02. The van der Waals surface area contributed by atoms with Crippen LogP contribution in [0.25, 0.3) is 0 Å². The molecule has 104 valence electrons. The SMILES string of the molecule is COC(=O)c1ccc(OCc2ccc(Cl)cc2Cl)cc1. The molecule has 0 spiro atoms. The maximum Gasteiger partial charge on any atom is 0.337 e. The quantitative estimate of drug-likeness (QED) is 0.787. The van der Waals surface area contributed by atoms with Crippen LogP contribution >= 0.6 is 23.2 Å². The molecule has 0 aromatic heterocycles. The summed E-state index contributed by atoms with van der Waals surface area (Å²) in [5, 5.41) is 1.14. The van der Waals surface area contributed by atoms with Crippen LogP contribution in [0.15, 0.2) is 42.5 Å². The molecule has 0 radical (unpaired) electrons. The van der Waals surface area contributed by atoms with Crippen molar-refractivity contribution in [1.82, 2.24) is 0 Å². The number of carbonyl (C=O) groups is 1. The molecule has 3 nitrogen and oxygen atoms in total. The average Bonchev–Trinajstić information content (AvgIpc) is 2.46. The van der Waals surface area contributed by atoms with E-state index in [2.05, 4.69) is 4.74 Å². The predicted octanol–water partition coefficient (Wildman–Crippen LogP) is 4.36. The number of esters is 1. The lowest BCUT2D eigenvalue weighted by Crippen LogP contribution is -2.01. The van der Waals surface area contributed by atoms with Crippen molar-refractivity contribution in [1.29, 1.82) is 0 Å². The van der Waals surface area contributed by atoms with Gasteiger partial charge in [0.25, 0.3) is 0 Å². The number of ether oxygens (including phenoxy) is 2. The van der Waals surface area contributed by atoms with Crippen LogP contribution in [-0.2, 0) is 11.3 Å². The fourth-order valence-corrected chi connectivity index (χ4v) is 2.07. The monoisotopic (exact) mass is 310 g/mol. The summed E-state index contributed by atoms with van der Waals surface area (Å²) < 4.78 is 10.2. The summed E-state index contributed by atoms with van der Waals surface area (Å²) in [4.78, 5) is 11.3. The first-order valence-corrected chi connectivity index (χ1v) is 6.61. The third kappa shape index (κ3) is 3.65. The van der Waals surface area contributed by atoms with Crippen molar-refractivity contribution < 1.29 is 14.3 Å². The number of carbonyl (C=O) groups excluding carboxylic acids is 1. The zero-order valence-electron chi connectivity index (χ0n) is 10.7. The Morgan fingerprint density at radius 2 is 1.80 bits per heavy atom. The molecule has 2 rings (SSSR count). The van der Waals surface area contributed by atoms with Gasteiger partial charge in [0.1, 0.15) is 12.4 Å². The Bertz CT molecular complexity index is 609. The van der Waals surface area contributed by atoms with Gasteiger partial charge in [0.05, 0.1) is 12.7 Å². The van der Waals surface area contributed by atoms with Gasteiger partial charge in [-0.05, 0) is 36.4 Å². The van der Waals surface area contributed by atoms with E-state index >= 15 is 0 Å². The lowest BCUT2D eigenvalue weighted by molar-refractivity contribution is 0.0600. The van der Waals surface area contributed by atoms with Crippen molar-refractivity contribution in [2.24, 2.45) is 0 Å². The first-order chi connectivity index (χ1) is 9.60. The molecule has 5 heteroatoms. The van der Waals surface area contributed by atoms with E-state index in [1.54, 1.807) is 36.4 Å². The second-order valence-electron chi connectivity index (χ2n) is 4.04. The maximum atomic E-state index is 11.3. The highest BCUT2D eigenvalue weighted by Crippen LogP contribution is 2.22. The summed E-state index contributed by atoms with van der Waals surface area (Å²) in [6.45, 7) is 0.327. The predicted molar refractivity (Wildman–Crippen MR) is 78.6 cm³/mol. The summed E-state index contributed by atoms with van der Waals surface area (Å²) in [6.07, 6.45) is 0. The van der Waals surface area contributed by atoms with E-state index in [-0.39, 0.29) is 5.97 Å². The first-order valence-electron chi connectivity index (χ1n) is 5.85. The van der Waals surface area contributed by atoms with Gasteiger partial charge in [0.15, 0.2) is 0 Å². The molecule has 0 aliphatic heterocycles. The normalized spacial score (nSPS) is 10.2. The molecule has 0 unspecified atom stereocenters. The molecule has 0 amide bonds. The third-order valence-electron chi connectivity index (χ3n) is 2.68. The Labute approximate surface area is 127 Å². The molecular formula is C15H12Cl2O3. The molecule has 2 aromatic carbocycles. The zero-order valence-corrected chi connectivity index (χ0v) is 12.2. The molecule has 0 N–H and O–H groups in total. The molecule has 0 aliphatic rings. The highest BCUT2D eigenvalue weighted by molar-refractivity contribution is 6.35. The number of rotatable bonds is 4. The van der Waals surface area contributed by atoms with Crippen LogP contribution in [-0.4, -0.2) is 13.1 Å². The van der Waals surface area contributed by atoms with Crippen molar-refractivity contribution in [3.05, 3.63) is 63.6 Å². The Hall–Kier alpha value is -1.71. The lowest BCUT2D eigenvalue weighted by Gasteiger charge is -2.08. The third-order valence-corrected chi connectivity index (χ3v) is 3.27. The summed E-state index contributed by atoms with van der Waals surface area (Å²) in [5.74, 6) is 0.265.